The zero-order chi connectivity index (χ0) is 14.7. The van der Waals surface area contributed by atoms with Gasteiger partial charge in [-0.15, -0.1) is 0 Å². The highest BCUT2D eigenvalue weighted by atomic mass is 16.5. The average Bonchev–Trinajstić information content (AvgIpc) is 2.55. The standard InChI is InChI=1S/C17H15NO3/c1-20-15-8-5-9-16-14(15)10-13(11-21-16)18-17(19)12-6-3-2-4-7-12/h2-10H,11H2,1H3,(H,18,19). The van der Waals surface area contributed by atoms with Crippen LogP contribution in [0.1, 0.15) is 15.9 Å². The summed E-state index contributed by atoms with van der Waals surface area (Å²) in [6, 6.07) is 14.7. The fraction of sp³-hybridized carbons (Fsp3) is 0.118. The van der Waals surface area contributed by atoms with Gasteiger partial charge >= 0.3 is 0 Å². The summed E-state index contributed by atoms with van der Waals surface area (Å²) < 4.78 is 11.0. The zero-order valence-corrected chi connectivity index (χ0v) is 11.6. The van der Waals surface area contributed by atoms with Gasteiger partial charge in [0.05, 0.1) is 18.4 Å². The quantitative estimate of drug-likeness (QED) is 0.941. The average molecular weight is 281 g/mol. The van der Waals surface area contributed by atoms with Gasteiger partial charge in [-0.25, -0.2) is 0 Å². The number of hydrogen-bond acceptors (Lipinski definition) is 3. The number of carbonyl (C=O) groups excluding carboxylic acids is 1. The Kier molecular flexibility index (Phi) is 3.60. The molecule has 0 radical (unpaired) electrons. The van der Waals surface area contributed by atoms with E-state index in [1.165, 1.54) is 0 Å². The van der Waals surface area contributed by atoms with Crippen molar-refractivity contribution in [1.82, 2.24) is 5.32 Å². The van der Waals surface area contributed by atoms with Crippen molar-refractivity contribution in [1.29, 1.82) is 0 Å². The fourth-order valence-corrected chi connectivity index (χ4v) is 2.22. The van der Waals surface area contributed by atoms with Gasteiger partial charge in [0.2, 0.25) is 0 Å². The molecule has 21 heavy (non-hydrogen) atoms. The van der Waals surface area contributed by atoms with Crippen molar-refractivity contribution in [3.8, 4) is 11.5 Å². The monoisotopic (exact) mass is 281 g/mol. The van der Waals surface area contributed by atoms with Crippen molar-refractivity contribution in [2.24, 2.45) is 0 Å². The Bertz CT molecular complexity index is 692. The Morgan fingerprint density at radius 2 is 1.95 bits per heavy atom. The Hall–Kier alpha value is -2.75. The van der Waals surface area contributed by atoms with Crippen LogP contribution in [-0.4, -0.2) is 19.6 Å². The molecule has 4 heteroatoms. The van der Waals surface area contributed by atoms with Crippen molar-refractivity contribution < 1.29 is 14.3 Å². The van der Waals surface area contributed by atoms with Crippen LogP contribution < -0.4 is 14.8 Å². The van der Waals surface area contributed by atoms with Crippen LogP contribution in [0, 0.1) is 0 Å². The van der Waals surface area contributed by atoms with Crippen LogP contribution in [0.25, 0.3) is 6.08 Å². The molecule has 106 valence electrons. The minimum Gasteiger partial charge on any atom is -0.496 e. The maximum atomic E-state index is 12.1. The lowest BCUT2D eigenvalue weighted by molar-refractivity contribution is 0.0961. The molecule has 0 saturated heterocycles. The molecular weight excluding hydrogens is 266 g/mol. The molecule has 0 aromatic heterocycles. The maximum Gasteiger partial charge on any atom is 0.255 e. The number of amides is 1. The predicted octanol–water partition coefficient (Wildman–Crippen LogP) is 2.86. The van der Waals surface area contributed by atoms with E-state index in [4.69, 9.17) is 9.47 Å². The lowest BCUT2D eigenvalue weighted by Crippen LogP contribution is -2.27. The van der Waals surface area contributed by atoms with E-state index in [2.05, 4.69) is 5.32 Å². The molecule has 1 aliphatic rings. The summed E-state index contributed by atoms with van der Waals surface area (Å²) in [5.41, 5.74) is 2.17. The maximum absolute atomic E-state index is 12.1. The Morgan fingerprint density at radius 3 is 2.71 bits per heavy atom. The molecular formula is C17H15NO3. The number of hydrogen-bond donors (Lipinski definition) is 1. The molecule has 2 aromatic rings. The number of carbonyl (C=O) groups is 1. The first kappa shape index (κ1) is 13.2. The number of benzene rings is 2. The van der Waals surface area contributed by atoms with Gasteiger partial charge in [-0.3, -0.25) is 4.79 Å². The van der Waals surface area contributed by atoms with Crippen LogP contribution in [0.4, 0.5) is 0 Å². The lowest BCUT2D eigenvalue weighted by Gasteiger charge is -2.20. The van der Waals surface area contributed by atoms with E-state index in [0.29, 0.717) is 17.9 Å². The number of fused-ring (bicyclic) bond motifs is 1. The van der Waals surface area contributed by atoms with Crippen LogP contribution in [0.5, 0.6) is 11.5 Å². The van der Waals surface area contributed by atoms with Gasteiger partial charge in [0, 0.05) is 5.56 Å². The molecule has 0 unspecified atom stereocenters. The first-order valence-corrected chi connectivity index (χ1v) is 6.64. The molecule has 0 bridgehead atoms. The van der Waals surface area contributed by atoms with E-state index in [9.17, 15) is 4.79 Å². The van der Waals surface area contributed by atoms with Crippen LogP contribution in [0.15, 0.2) is 54.2 Å². The molecule has 2 aromatic carbocycles. The largest absolute Gasteiger partial charge is 0.496 e. The second-order valence-corrected chi connectivity index (χ2v) is 4.65. The minimum atomic E-state index is -0.149. The number of methoxy groups -OCH3 is 1. The Balaban J connectivity index is 1.84. The normalized spacial score (nSPS) is 12.7. The smallest absolute Gasteiger partial charge is 0.255 e. The summed E-state index contributed by atoms with van der Waals surface area (Å²) >= 11 is 0. The summed E-state index contributed by atoms with van der Waals surface area (Å²) in [5.74, 6) is 1.33. The molecule has 0 spiro atoms. The van der Waals surface area contributed by atoms with Crippen LogP contribution in [0.2, 0.25) is 0 Å². The molecule has 0 aliphatic carbocycles. The van der Waals surface area contributed by atoms with Crippen LogP contribution >= 0.6 is 0 Å². The van der Waals surface area contributed by atoms with Gasteiger partial charge in [0.15, 0.2) is 0 Å². The molecule has 1 N–H and O–H groups in total. The third-order valence-electron chi connectivity index (χ3n) is 3.26. The van der Waals surface area contributed by atoms with Crippen molar-refractivity contribution >= 4 is 12.0 Å². The summed E-state index contributed by atoms with van der Waals surface area (Å²) in [6.07, 6.45) is 1.89. The molecule has 0 fully saturated rings. The van der Waals surface area contributed by atoms with E-state index in [1.54, 1.807) is 19.2 Å². The van der Waals surface area contributed by atoms with Crippen LogP contribution in [-0.2, 0) is 0 Å². The Labute approximate surface area is 123 Å². The molecule has 1 amide bonds. The lowest BCUT2D eigenvalue weighted by atomic mass is 10.1. The highest BCUT2D eigenvalue weighted by Crippen LogP contribution is 2.33. The van der Waals surface area contributed by atoms with Gasteiger partial charge < -0.3 is 14.8 Å². The van der Waals surface area contributed by atoms with E-state index in [1.807, 2.05) is 42.5 Å². The first-order chi connectivity index (χ1) is 10.3. The molecule has 1 aliphatic heterocycles. The molecule has 0 saturated carbocycles. The zero-order valence-electron chi connectivity index (χ0n) is 11.6. The van der Waals surface area contributed by atoms with Gasteiger partial charge in [0.1, 0.15) is 18.1 Å². The third-order valence-corrected chi connectivity index (χ3v) is 3.26. The van der Waals surface area contributed by atoms with Crippen LogP contribution in [0.3, 0.4) is 0 Å². The summed E-state index contributed by atoms with van der Waals surface area (Å²) in [4.78, 5) is 12.1. The molecule has 1 heterocycles. The van der Waals surface area contributed by atoms with Crippen molar-refractivity contribution in [2.75, 3.05) is 13.7 Å². The second kappa shape index (κ2) is 5.71. The highest BCUT2D eigenvalue weighted by Gasteiger charge is 2.17. The van der Waals surface area contributed by atoms with Crippen molar-refractivity contribution in [3.05, 3.63) is 65.4 Å². The topological polar surface area (TPSA) is 47.6 Å². The number of rotatable bonds is 3. The van der Waals surface area contributed by atoms with Crippen molar-refractivity contribution in [2.45, 2.75) is 0 Å². The summed E-state index contributed by atoms with van der Waals surface area (Å²) in [6.45, 7) is 0.332. The van der Waals surface area contributed by atoms with E-state index in [-0.39, 0.29) is 5.91 Å². The molecule has 3 rings (SSSR count). The predicted molar refractivity (Wildman–Crippen MR) is 80.4 cm³/mol. The Morgan fingerprint density at radius 1 is 1.14 bits per heavy atom. The van der Waals surface area contributed by atoms with E-state index < -0.39 is 0 Å². The summed E-state index contributed by atoms with van der Waals surface area (Å²) in [7, 11) is 1.61. The fourth-order valence-electron chi connectivity index (χ4n) is 2.22. The van der Waals surface area contributed by atoms with Gasteiger partial charge in [-0.05, 0) is 30.3 Å². The number of nitrogens with one attached hydrogen (secondary N) is 1. The molecule has 0 atom stereocenters. The molecule has 4 nitrogen and oxygen atoms in total. The van der Waals surface area contributed by atoms with Gasteiger partial charge in [0.25, 0.3) is 5.91 Å². The second-order valence-electron chi connectivity index (χ2n) is 4.65. The van der Waals surface area contributed by atoms with Gasteiger partial charge in [-0.1, -0.05) is 24.3 Å². The van der Waals surface area contributed by atoms with Gasteiger partial charge in [-0.2, -0.15) is 0 Å². The third kappa shape index (κ3) is 2.74. The van der Waals surface area contributed by atoms with E-state index in [0.717, 1.165) is 17.1 Å². The number of ether oxygens (including phenoxy) is 2. The van der Waals surface area contributed by atoms with E-state index >= 15 is 0 Å². The van der Waals surface area contributed by atoms with Crippen molar-refractivity contribution in [3.63, 3.8) is 0 Å². The summed E-state index contributed by atoms with van der Waals surface area (Å²) in [5, 5.41) is 2.87. The highest BCUT2D eigenvalue weighted by molar-refractivity contribution is 5.96. The SMILES string of the molecule is COc1cccc2c1C=C(NC(=O)c1ccccc1)CO2. The minimum absolute atomic E-state index is 0.149. The first-order valence-electron chi connectivity index (χ1n) is 6.64.